The smallest absolute Gasteiger partial charge is 0.378 e. The molecule has 0 spiro atoms. The van der Waals surface area contributed by atoms with Gasteiger partial charge in [-0.25, -0.2) is 0 Å². The van der Waals surface area contributed by atoms with Crippen LogP contribution in [0.5, 0.6) is 0 Å². The second-order valence-corrected chi connectivity index (χ2v) is 3.08. The van der Waals surface area contributed by atoms with Gasteiger partial charge in [0.05, 0.1) is 12.1 Å². The molecule has 0 radical (unpaired) electrons. The number of anilines is 1. The van der Waals surface area contributed by atoms with E-state index in [1.807, 2.05) is 0 Å². The van der Waals surface area contributed by atoms with Crippen molar-refractivity contribution in [3.8, 4) is 0 Å². The quantitative estimate of drug-likeness (QED) is 0.788. The van der Waals surface area contributed by atoms with Gasteiger partial charge >= 0.3 is 6.18 Å². The minimum atomic E-state index is -4.36. The Morgan fingerprint density at radius 2 is 2.07 bits per heavy atom. The van der Waals surface area contributed by atoms with Gasteiger partial charge in [-0.15, -0.1) is 0 Å². The minimum absolute atomic E-state index is 0.00213. The van der Waals surface area contributed by atoms with Crippen LogP contribution in [0.4, 0.5) is 18.9 Å². The molecule has 0 aliphatic heterocycles. The lowest BCUT2D eigenvalue weighted by atomic mass is 10.1. The molecular formula is C10H10F3NO. The Bertz CT molecular complexity index is 360. The van der Waals surface area contributed by atoms with Crippen LogP contribution in [0.1, 0.15) is 11.1 Å². The summed E-state index contributed by atoms with van der Waals surface area (Å²) in [6, 6.07) is 3.39. The molecule has 1 aromatic rings. The highest BCUT2D eigenvalue weighted by Crippen LogP contribution is 2.31. The number of carbonyl (C=O) groups is 1. The number of hydrogen-bond acceptors (Lipinski definition) is 2. The first kappa shape index (κ1) is 11.6. The van der Waals surface area contributed by atoms with Gasteiger partial charge in [0.25, 0.3) is 0 Å². The SMILES string of the molecule is Cc1ccc(C(F)(F)F)cc1NCC=O. The molecule has 5 heteroatoms. The second kappa shape index (κ2) is 4.33. The minimum Gasteiger partial charge on any atom is -0.378 e. The highest BCUT2D eigenvalue weighted by Gasteiger charge is 2.30. The third kappa shape index (κ3) is 2.97. The Morgan fingerprint density at radius 3 is 2.60 bits per heavy atom. The molecular weight excluding hydrogens is 207 g/mol. The van der Waals surface area contributed by atoms with Crippen molar-refractivity contribution in [2.75, 3.05) is 11.9 Å². The normalized spacial score (nSPS) is 11.2. The molecule has 2 nitrogen and oxygen atoms in total. The summed E-state index contributed by atoms with van der Waals surface area (Å²) in [4.78, 5) is 10.1. The number of aryl methyl sites for hydroxylation is 1. The van der Waals surface area contributed by atoms with Gasteiger partial charge in [-0.3, -0.25) is 0 Å². The maximum absolute atomic E-state index is 12.3. The molecule has 0 amide bonds. The van der Waals surface area contributed by atoms with Gasteiger partial charge in [-0.05, 0) is 24.6 Å². The molecule has 1 aromatic carbocycles. The van der Waals surface area contributed by atoms with Crippen molar-refractivity contribution in [3.63, 3.8) is 0 Å². The Balaban J connectivity index is 3.00. The fourth-order valence-corrected chi connectivity index (χ4v) is 1.14. The van der Waals surface area contributed by atoms with Gasteiger partial charge in [-0.1, -0.05) is 6.07 Å². The van der Waals surface area contributed by atoms with Crippen molar-refractivity contribution in [1.29, 1.82) is 0 Å². The van der Waals surface area contributed by atoms with Crippen LogP contribution in [0, 0.1) is 6.92 Å². The first-order chi connectivity index (χ1) is 6.95. The van der Waals surface area contributed by atoms with Gasteiger partial charge < -0.3 is 10.1 Å². The standard InChI is InChI=1S/C10H10F3NO/c1-7-2-3-8(10(11,12)13)6-9(7)14-4-5-15/h2-3,5-6,14H,4H2,1H3. The van der Waals surface area contributed by atoms with E-state index in [1.165, 1.54) is 6.07 Å². The van der Waals surface area contributed by atoms with Crippen LogP contribution in [-0.2, 0) is 11.0 Å². The molecule has 1 rings (SSSR count). The van der Waals surface area contributed by atoms with Crippen LogP contribution in [0.3, 0.4) is 0 Å². The van der Waals surface area contributed by atoms with E-state index in [9.17, 15) is 18.0 Å². The van der Waals surface area contributed by atoms with Gasteiger partial charge in [0.2, 0.25) is 0 Å². The maximum atomic E-state index is 12.3. The van der Waals surface area contributed by atoms with Crippen LogP contribution in [0.25, 0.3) is 0 Å². The first-order valence-corrected chi connectivity index (χ1v) is 4.30. The molecule has 0 unspecified atom stereocenters. The second-order valence-electron chi connectivity index (χ2n) is 3.08. The van der Waals surface area contributed by atoms with E-state index in [2.05, 4.69) is 5.32 Å². The molecule has 0 fully saturated rings. The van der Waals surface area contributed by atoms with Crippen LogP contribution in [-0.4, -0.2) is 12.8 Å². The summed E-state index contributed by atoms with van der Waals surface area (Å²) in [6.45, 7) is 1.68. The fourth-order valence-electron chi connectivity index (χ4n) is 1.14. The van der Waals surface area contributed by atoms with Crippen molar-refractivity contribution in [2.45, 2.75) is 13.1 Å². The number of carbonyl (C=O) groups excluding carboxylic acids is 1. The Hall–Kier alpha value is -1.52. The molecule has 82 valence electrons. The highest BCUT2D eigenvalue weighted by molar-refractivity contribution is 5.62. The number of benzene rings is 1. The molecule has 15 heavy (non-hydrogen) atoms. The van der Waals surface area contributed by atoms with E-state index in [0.29, 0.717) is 17.5 Å². The largest absolute Gasteiger partial charge is 0.416 e. The molecule has 0 aromatic heterocycles. The van der Waals surface area contributed by atoms with E-state index < -0.39 is 11.7 Å². The average molecular weight is 217 g/mol. The van der Waals surface area contributed by atoms with Crippen LogP contribution < -0.4 is 5.32 Å². The first-order valence-electron chi connectivity index (χ1n) is 4.30. The average Bonchev–Trinajstić information content (AvgIpc) is 2.15. The number of alkyl halides is 3. The summed E-state index contributed by atoms with van der Waals surface area (Å²) in [7, 11) is 0. The third-order valence-corrected chi connectivity index (χ3v) is 1.94. The topological polar surface area (TPSA) is 29.1 Å². The van der Waals surface area contributed by atoms with E-state index in [-0.39, 0.29) is 6.54 Å². The van der Waals surface area contributed by atoms with Crippen molar-refractivity contribution in [1.82, 2.24) is 0 Å². The summed E-state index contributed by atoms with van der Waals surface area (Å²) in [5.74, 6) is 0. The Morgan fingerprint density at radius 1 is 1.40 bits per heavy atom. The number of rotatable bonds is 3. The number of nitrogens with one attached hydrogen (secondary N) is 1. The van der Waals surface area contributed by atoms with Crippen molar-refractivity contribution in [3.05, 3.63) is 29.3 Å². The lowest BCUT2D eigenvalue weighted by Gasteiger charge is -2.11. The van der Waals surface area contributed by atoms with Crippen LogP contribution >= 0.6 is 0 Å². The van der Waals surface area contributed by atoms with Crippen LogP contribution in [0.2, 0.25) is 0 Å². The molecule has 0 saturated carbocycles. The van der Waals surface area contributed by atoms with Gasteiger partial charge in [-0.2, -0.15) is 13.2 Å². The Labute approximate surface area is 85.1 Å². The maximum Gasteiger partial charge on any atom is 0.416 e. The predicted molar refractivity (Wildman–Crippen MR) is 50.7 cm³/mol. The molecule has 0 heterocycles. The van der Waals surface area contributed by atoms with Crippen molar-refractivity contribution >= 4 is 12.0 Å². The van der Waals surface area contributed by atoms with Crippen molar-refractivity contribution < 1.29 is 18.0 Å². The van der Waals surface area contributed by atoms with Crippen molar-refractivity contribution in [2.24, 2.45) is 0 Å². The Kier molecular flexibility index (Phi) is 3.34. The summed E-state index contributed by atoms with van der Waals surface area (Å²) in [6.07, 6.45) is -3.76. The van der Waals surface area contributed by atoms with E-state index in [0.717, 1.165) is 12.1 Å². The summed E-state index contributed by atoms with van der Waals surface area (Å²) >= 11 is 0. The van der Waals surface area contributed by atoms with Gasteiger partial charge in [0.1, 0.15) is 6.29 Å². The number of halogens is 3. The molecule has 1 N–H and O–H groups in total. The summed E-state index contributed by atoms with van der Waals surface area (Å²) in [5.41, 5.74) is 0.281. The zero-order valence-electron chi connectivity index (χ0n) is 8.06. The van der Waals surface area contributed by atoms with E-state index in [4.69, 9.17) is 0 Å². The number of hydrogen-bond donors (Lipinski definition) is 1. The lowest BCUT2D eigenvalue weighted by molar-refractivity contribution is -0.137. The summed E-state index contributed by atoms with van der Waals surface area (Å²) < 4.78 is 37.0. The third-order valence-electron chi connectivity index (χ3n) is 1.94. The summed E-state index contributed by atoms with van der Waals surface area (Å²) in [5, 5.41) is 2.61. The molecule has 0 saturated heterocycles. The van der Waals surface area contributed by atoms with E-state index in [1.54, 1.807) is 6.92 Å². The molecule has 0 aliphatic carbocycles. The highest BCUT2D eigenvalue weighted by atomic mass is 19.4. The lowest BCUT2D eigenvalue weighted by Crippen LogP contribution is -2.08. The molecule has 0 atom stereocenters. The van der Waals surface area contributed by atoms with Gasteiger partial charge in [0.15, 0.2) is 0 Å². The van der Waals surface area contributed by atoms with Crippen LogP contribution in [0.15, 0.2) is 18.2 Å². The molecule has 0 aliphatic rings. The molecule has 0 bridgehead atoms. The fraction of sp³-hybridized carbons (Fsp3) is 0.300. The van der Waals surface area contributed by atoms with Gasteiger partial charge in [0, 0.05) is 5.69 Å². The monoisotopic (exact) mass is 217 g/mol. The zero-order chi connectivity index (χ0) is 11.5. The van der Waals surface area contributed by atoms with E-state index >= 15 is 0 Å². The predicted octanol–water partition coefficient (Wildman–Crippen LogP) is 2.62. The number of aldehydes is 1. The zero-order valence-corrected chi connectivity index (χ0v) is 8.06.